The summed E-state index contributed by atoms with van der Waals surface area (Å²) >= 11 is 0. The summed E-state index contributed by atoms with van der Waals surface area (Å²) in [5, 5.41) is 4.04. The fraction of sp³-hybridized carbons (Fsp3) is 0.250. The minimum absolute atomic E-state index is 0.239. The Morgan fingerprint density at radius 2 is 1.73 bits per heavy atom. The molecule has 6 nitrogen and oxygen atoms in total. The number of carbonyl (C=O) groups excluding carboxylic acids is 2. The van der Waals surface area contributed by atoms with Gasteiger partial charge in [0.1, 0.15) is 5.69 Å². The molecular formula is C16H15N3O3. The third kappa shape index (κ3) is 2.08. The van der Waals surface area contributed by atoms with Crippen molar-refractivity contribution in [3.8, 4) is 0 Å². The van der Waals surface area contributed by atoms with E-state index in [0.717, 1.165) is 0 Å². The van der Waals surface area contributed by atoms with E-state index in [1.165, 1.54) is 11.0 Å². The quantitative estimate of drug-likeness (QED) is 0.642. The number of hydrogen-bond donors (Lipinski definition) is 0. The number of likely N-dealkylation sites (N-methyl/N-ethyl adjacent to an activating group) is 1. The lowest BCUT2D eigenvalue weighted by atomic mass is 9.93. The van der Waals surface area contributed by atoms with E-state index in [9.17, 15) is 14.5 Å². The maximum Gasteiger partial charge on any atom is 0.261 e. The molecule has 1 aliphatic heterocycles. The van der Waals surface area contributed by atoms with Crippen molar-refractivity contribution in [1.82, 2.24) is 9.80 Å². The monoisotopic (exact) mass is 297 g/mol. The molecule has 2 amide bonds. The lowest BCUT2D eigenvalue weighted by molar-refractivity contribution is 0.0601. The van der Waals surface area contributed by atoms with Gasteiger partial charge in [0.05, 0.1) is 0 Å². The average molecular weight is 297 g/mol. The first-order chi connectivity index (χ1) is 10.5. The van der Waals surface area contributed by atoms with Crippen LogP contribution in [0.15, 0.2) is 35.5 Å². The number of nitrogens with zero attached hydrogens (tertiary/aromatic N) is 3. The van der Waals surface area contributed by atoms with E-state index in [1.54, 1.807) is 24.3 Å². The summed E-state index contributed by atoms with van der Waals surface area (Å²) in [7, 11) is 3.77. The van der Waals surface area contributed by atoms with Crippen molar-refractivity contribution in [1.29, 1.82) is 0 Å². The molecule has 2 aromatic rings. The largest absolute Gasteiger partial charge is 0.308 e. The van der Waals surface area contributed by atoms with Crippen LogP contribution in [0.2, 0.25) is 0 Å². The van der Waals surface area contributed by atoms with E-state index in [1.807, 2.05) is 19.0 Å². The van der Waals surface area contributed by atoms with E-state index >= 15 is 0 Å². The van der Waals surface area contributed by atoms with Gasteiger partial charge < -0.3 is 4.90 Å². The van der Waals surface area contributed by atoms with Crippen molar-refractivity contribution in [3.63, 3.8) is 0 Å². The van der Waals surface area contributed by atoms with Crippen LogP contribution in [0.5, 0.6) is 0 Å². The molecule has 0 saturated heterocycles. The maximum atomic E-state index is 12.6. The number of imide groups is 1. The van der Waals surface area contributed by atoms with E-state index in [-0.39, 0.29) is 17.5 Å². The highest BCUT2D eigenvalue weighted by molar-refractivity contribution is 6.26. The Bertz CT molecular complexity index is 776. The minimum Gasteiger partial charge on any atom is -0.308 e. The molecule has 1 heterocycles. The van der Waals surface area contributed by atoms with Crippen LogP contribution in [0.3, 0.4) is 0 Å². The van der Waals surface area contributed by atoms with Gasteiger partial charge in [0.25, 0.3) is 11.8 Å². The Hall–Kier alpha value is -2.60. The fourth-order valence-corrected chi connectivity index (χ4v) is 2.71. The molecule has 0 unspecified atom stereocenters. The first-order valence-electron chi connectivity index (χ1n) is 6.94. The van der Waals surface area contributed by atoms with E-state index < -0.39 is 0 Å². The van der Waals surface area contributed by atoms with Crippen molar-refractivity contribution in [2.24, 2.45) is 5.18 Å². The van der Waals surface area contributed by atoms with Gasteiger partial charge in [-0.05, 0) is 37.5 Å². The Balaban J connectivity index is 2.17. The number of rotatable bonds is 4. The normalized spacial score (nSPS) is 14.0. The first kappa shape index (κ1) is 14.3. The molecular weight excluding hydrogens is 282 g/mol. The van der Waals surface area contributed by atoms with Gasteiger partial charge in [-0.25, -0.2) is 0 Å². The summed E-state index contributed by atoms with van der Waals surface area (Å²) in [4.78, 5) is 39.3. The Morgan fingerprint density at radius 3 is 2.36 bits per heavy atom. The van der Waals surface area contributed by atoms with Crippen LogP contribution in [0.25, 0.3) is 10.8 Å². The molecule has 0 spiro atoms. The van der Waals surface area contributed by atoms with E-state index in [4.69, 9.17) is 0 Å². The van der Waals surface area contributed by atoms with Crippen LogP contribution < -0.4 is 0 Å². The first-order valence-corrected chi connectivity index (χ1v) is 6.94. The second-order valence-corrected chi connectivity index (χ2v) is 5.52. The molecule has 0 aromatic heterocycles. The Kier molecular flexibility index (Phi) is 3.46. The summed E-state index contributed by atoms with van der Waals surface area (Å²) in [6.07, 6.45) is 0. The summed E-state index contributed by atoms with van der Waals surface area (Å²) in [5.41, 5.74) is 1.12. The van der Waals surface area contributed by atoms with Crippen molar-refractivity contribution < 1.29 is 9.59 Å². The number of carbonyl (C=O) groups is 2. The van der Waals surface area contributed by atoms with Crippen LogP contribution >= 0.6 is 0 Å². The van der Waals surface area contributed by atoms with Gasteiger partial charge in [-0.3, -0.25) is 14.5 Å². The molecule has 0 radical (unpaired) electrons. The molecule has 0 N–H and O–H groups in total. The summed E-state index contributed by atoms with van der Waals surface area (Å²) in [6, 6.07) is 8.17. The molecule has 1 aliphatic rings. The predicted molar refractivity (Wildman–Crippen MR) is 83.3 cm³/mol. The molecule has 0 fully saturated rings. The molecule has 6 heteroatoms. The summed E-state index contributed by atoms with van der Waals surface area (Å²) in [6.45, 7) is 0.922. The summed E-state index contributed by atoms with van der Waals surface area (Å²) in [5.74, 6) is -0.652. The van der Waals surface area contributed by atoms with E-state index in [0.29, 0.717) is 35.0 Å². The van der Waals surface area contributed by atoms with Gasteiger partial charge in [-0.15, -0.1) is 4.91 Å². The smallest absolute Gasteiger partial charge is 0.261 e. The van der Waals surface area contributed by atoms with Crippen molar-refractivity contribution in [2.45, 2.75) is 0 Å². The molecule has 0 bridgehead atoms. The summed E-state index contributed by atoms with van der Waals surface area (Å²) < 4.78 is 0. The van der Waals surface area contributed by atoms with Gasteiger partial charge in [-0.2, -0.15) is 0 Å². The molecule has 3 rings (SSSR count). The standard InChI is InChI=1S/C16H15N3O3/c1-18(2)8-9-19-15(20)11-5-3-4-10-13(17-22)7-6-12(14(10)11)16(19)21/h3-7H,8-9H2,1-2H3. The number of nitroso groups, excluding NO2 is 1. The third-order valence-electron chi connectivity index (χ3n) is 3.84. The molecule has 22 heavy (non-hydrogen) atoms. The maximum absolute atomic E-state index is 12.6. The Morgan fingerprint density at radius 1 is 1.05 bits per heavy atom. The van der Waals surface area contributed by atoms with Gasteiger partial charge in [0, 0.05) is 35.0 Å². The highest BCUT2D eigenvalue weighted by atomic mass is 16.3. The average Bonchev–Trinajstić information content (AvgIpc) is 2.51. The lowest BCUT2D eigenvalue weighted by Gasteiger charge is -2.28. The fourth-order valence-electron chi connectivity index (χ4n) is 2.71. The second-order valence-electron chi connectivity index (χ2n) is 5.52. The van der Waals surface area contributed by atoms with Crippen LogP contribution in [0.1, 0.15) is 20.7 Å². The predicted octanol–water partition coefficient (Wildman–Crippen LogP) is 2.40. The topological polar surface area (TPSA) is 70.0 Å². The van der Waals surface area contributed by atoms with Gasteiger partial charge in [0.15, 0.2) is 0 Å². The molecule has 2 aromatic carbocycles. The molecule has 0 atom stereocenters. The zero-order valence-corrected chi connectivity index (χ0v) is 12.4. The molecule has 0 aliphatic carbocycles. The van der Waals surface area contributed by atoms with E-state index in [2.05, 4.69) is 5.18 Å². The van der Waals surface area contributed by atoms with Gasteiger partial charge in [0.2, 0.25) is 0 Å². The second kappa shape index (κ2) is 5.31. The lowest BCUT2D eigenvalue weighted by Crippen LogP contribution is -2.43. The number of hydrogen-bond acceptors (Lipinski definition) is 5. The molecule has 112 valence electrons. The van der Waals surface area contributed by atoms with Gasteiger partial charge >= 0.3 is 0 Å². The third-order valence-corrected chi connectivity index (χ3v) is 3.84. The SMILES string of the molecule is CN(C)CCN1C(=O)c2cccc3c(N=O)ccc(c23)C1=O. The van der Waals surface area contributed by atoms with Crippen molar-refractivity contribution >= 4 is 28.3 Å². The van der Waals surface area contributed by atoms with Crippen LogP contribution in [-0.2, 0) is 0 Å². The van der Waals surface area contributed by atoms with Crippen molar-refractivity contribution in [2.75, 3.05) is 27.2 Å². The zero-order chi connectivity index (χ0) is 15.9. The van der Waals surface area contributed by atoms with Crippen molar-refractivity contribution in [3.05, 3.63) is 46.4 Å². The van der Waals surface area contributed by atoms with Crippen LogP contribution in [-0.4, -0.2) is 48.8 Å². The zero-order valence-electron chi connectivity index (χ0n) is 12.4. The Labute approximate surface area is 127 Å². The highest BCUT2D eigenvalue weighted by Crippen LogP contribution is 2.35. The number of amides is 2. The van der Waals surface area contributed by atoms with Crippen LogP contribution in [0.4, 0.5) is 5.69 Å². The molecule has 0 saturated carbocycles. The number of benzene rings is 2. The minimum atomic E-state index is -0.326. The van der Waals surface area contributed by atoms with Crippen LogP contribution in [0, 0.1) is 4.91 Å². The highest BCUT2D eigenvalue weighted by Gasteiger charge is 2.33. The van der Waals surface area contributed by atoms with Gasteiger partial charge in [-0.1, -0.05) is 12.1 Å².